The Kier molecular flexibility index (Phi) is 5.90. The molecule has 3 aromatic carbocycles. The fourth-order valence-corrected chi connectivity index (χ4v) is 4.62. The second-order valence-electron chi connectivity index (χ2n) is 8.50. The first kappa shape index (κ1) is 23.1. The third-order valence-electron chi connectivity index (χ3n) is 6.31. The van der Waals surface area contributed by atoms with Crippen molar-refractivity contribution in [1.82, 2.24) is 8.97 Å². The zero-order valence-electron chi connectivity index (χ0n) is 20.1. The van der Waals surface area contributed by atoms with Crippen LogP contribution in [0.4, 0.5) is 0 Å². The van der Waals surface area contributed by atoms with Crippen LogP contribution in [0.2, 0.25) is 0 Å². The predicted octanol–water partition coefficient (Wildman–Crippen LogP) is 5.05. The maximum atomic E-state index is 14.0. The molecule has 2 heterocycles. The SMILES string of the molecule is COC(=O)c1c(C(=O)OC)c2n(Cc3ccccc3)c3ccccc3n2c1C(=O)c1ccc(C)cc1. The van der Waals surface area contributed by atoms with Crippen LogP contribution in [0.15, 0.2) is 78.9 Å². The van der Waals surface area contributed by atoms with Crippen LogP contribution in [0.5, 0.6) is 0 Å². The maximum absolute atomic E-state index is 14.0. The highest BCUT2D eigenvalue weighted by molar-refractivity contribution is 6.20. The van der Waals surface area contributed by atoms with Crippen LogP contribution in [-0.4, -0.2) is 40.9 Å². The molecule has 0 unspecified atom stereocenters. The number of hydrogen-bond acceptors (Lipinski definition) is 5. The molecule has 0 N–H and O–H groups in total. The number of fused-ring (bicyclic) bond motifs is 3. The smallest absolute Gasteiger partial charge is 0.342 e. The summed E-state index contributed by atoms with van der Waals surface area (Å²) in [6.07, 6.45) is 0. The number of rotatable bonds is 6. The number of aromatic nitrogens is 2. The van der Waals surface area contributed by atoms with Crippen LogP contribution >= 0.6 is 0 Å². The van der Waals surface area contributed by atoms with E-state index in [0.29, 0.717) is 23.3 Å². The number of nitrogens with zero attached hydrogens (tertiary/aromatic N) is 2. The number of imidazole rings is 1. The third kappa shape index (κ3) is 3.65. The number of carbonyl (C=O) groups is 3. The van der Waals surface area contributed by atoms with Gasteiger partial charge in [0.15, 0.2) is 0 Å². The van der Waals surface area contributed by atoms with Gasteiger partial charge in [-0.3, -0.25) is 9.20 Å². The second kappa shape index (κ2) is 9.19. The van der Waals surface area contributed by atoms with Crippen LogP contribution in [0.1, 0.15) is 47.9 Å². The summed E-state index contributed by atoms with van der Waals surface area (Å²) in [5.41, 5.74) is 4.19. The average molecular weight is 481 g/mol. The standard InChI is InChI=1S/C29H24N2O5/c1-18-13-15-20(16-14-18)26(32)25-23(28(33)35-2)24(29(34)36-3)27-30(17-19-9-5-4-6-10-19)21-11-7-8-12-22(21)31(25)27/h4-16H,17H2,1-3H3. The van der Waals surface area contributed by atoms with Gasteiger partial charge in [0.1, 0.15) is 22.5 Å². The Labute approximate surface area is 207 Å². The Morgan fingerprint density at radius 2 is 1.31 bits per heavy atom. The highest BCUT2D eigenvalue weighted by Crippen LogP contribution is 2.34. The Hall–Kier alpha value is -4.65. The minimum Gasteiger partial charge on any atom is -0.465 e. The zero-order valence-corrected chi connectivity index (χ0v) is 20.1. The summed E-state index contributed by atoms with van der Waals surface area (Å²) in [5.74, 6) is -1.92. The van der Waals surface area contributed by atoms with E-state index in [1.54, 1.807) is 16.5 Å². The summed E-state index contributed by atoms with van der Waals surface area (Å²) in [6, 6.07) is 24.3. The predicted molar refractivity (Wildman–Crippen MR) is 136 cm³/mol. The van der Waals surface area contributed by atoms with Gasteiger partial charge in [-0.25, -0.2) is 9.59 Å². The number of benzene rings is 3. The first-order valence-electron chi connectivity index (χ1n) is 11.4. The minimum atomic E-state index is -0.787. The van der Waals surface area contributed by atoms with Crippen LogP contribution in [0.3, 0.4) is 0 Å². The van der Waals surface area contributed by atoms with Gasteiger partial charge in [0.25, 0.3) is 0 Å². The van der Waals surface area contributed by atoms with Crippen LogP contribution < -0.4 is 0 Å². The normalized spacial score (nSPS) is 11.1. The molecule has 0 fully saturated rings. The molecule has 0 spiro atoms. The number of methoxy groups -OCH3 is 2. The molecule has 0 atom stereocenters. The first-order chi connectivity index (χ1) is 17.5. The van der Waals surface area contributed by atoms with Crippen LogP contribution in [0, 0.1) is 6.92 Å². The molecular weight excluding hydrogens is 456 g/mol. The van der Waals surface area contributed by atoms with Gasteiger partial charge in [-0.15, -0.1) is 0 Å². The molecule has 5 aromatic rings. The summed E-state index contributed by atoms with van der Waals surface area (Å²) in [5, 5.41) is 0. The summed E-state index contributed by atoms with van der Waals surface area (Å²) in [7, 11) is 2.47. The van der Waals surface area contributed by atoms with E-state index >= 15 is 0 Å². The van der Waals surface area contributed by atoms with Gasteiger partial charge in [-0.1, -0.05) is 72.3 Å². The monoisotopic (exact) mass is 480 g/mol. The summed E-state index contributed by atoms with van der Waals surface area (Å²) in [4.78, 5) is 40.3. The van der Waals surface area contributed by atoms with Gasteiger partial charge in [0.05, 0.1) is 25.3 Å². The maximum Gasteiger partial charge on any atom is 0.342 e. The van der Waals surface area contributed by atoms with Crippen molar-refractivity contribution in [3.05, 3.63) is 112 Å². The number of para-hydroxylation sites is 2. The van der Waals surface area contributed by atoms with E-state index in [-0.39, 0.29) is 16.8 Å². The van der Waals surface area contributed by atoms with Gasteiger partial charge < -0.3 is 14.0 Å². The lowest BCUT2D eigenvalue weighted by Crippen LogP contribution is -2.16. The van der Waals surface area contributed by atoms with Crippen molar-refractivity contribution >= 4 is 34.4 Å². The Balaban J connectivity index is 1.94. The van der Waals surface area contributed by atoms with Gasteiger partial charge in [0.2, 0.25) is 5.78 Å². The summed E-state index contributed by atoms with van der Waals surface area (Å²) < 4.78 is 13.8. The number of aryl methyl sites for hydroxylation is 1. The number of ether oxygens (including phenoxy) is 2. The molecule has 0 amide bonds. The Bertz CT molecular complexity index is 1630. The lowest BCUT2D eigenvalue weighted by atomic mass is 10.0. The highest BCUT2D eigenvalue weighted by Gasteiger charge is 2.36. The largest absolute Gasteiger partial charge is 0.465 e. The van der Waals surface area contributed by atoms with Gasteiger partial charge >= 0.3 is 11.9 Å². The fraction of sp³-hybridized carbons (Fsp3) is 0.138. The third-order valence-corrected chi connectivity index (χ3v) is 6.31. The number of esters is 2. The van der Waals surface area contributed by atoms with Crippen molar-refractivity contribution in [2.24, 2.45) is 0 Å². The Morgan fingerprint density at radius 1 is 0.722 bits per heavy atom. The quantitative estimate of drug-likeness (QED) is 0.251. The molecule has 7 heteroatoms. The molecule has 0 aliphatic heterocycles. The molecule has 0 saturated heterocycles. The van der Waals surface area contributed by atoms with E-state index in [2.05, 4.69) is 0 Å². The summed E-state index contributed by atoms with van der Waals surface area (Å²) in [6.45, 7) is 2.33. The van der Waals surface area contributed by atoms with Crippen LogP contribution in [-0.2, 0) is 16.0 Å². The molecule has 0 radical (unpaired) electrons. The molecule has 0 aliphatic carbocycles. The van der Waals surface area contributed by atoms with Gasteiger partial charge in [-0.05, 0) is 24.6 Å². The van der Waals surface area contributed by atoms with Crippen LogP contribution in [0.25, 0.3) is 16.7 Å². The highest BCUT2D eigenvalue weighted by atomic mass is 16.5. The summed E-state index contributed by atoms with van der Waals surface area (Å²) >= 11 is 0. The zero-order chi connectivity index (χ0) is 25.4. The molecule has 0 bridgehead atoms. The number of ketones is 1. The second-order valence-corrected chi connectivity index (χ2v) is 8.50. The van der Waals surface area contributed by atoms with Gasteiger partial charge in [0, 0.05) is 12.1 Å². The van der Waals surface area contributed by atoms with Crippen molar-refractivity contribution < 1.29 is 23.9 Å². The van der Waals surface area contributed by atoms with E-state index in [0.717, 1.165) is 16.6 Å². The van der Waals surface area contributed by atoms with E-state index in [1.165, 1.54) is 14.2 Å². The molecule has 5 rings (SSSR count). The van der Waals surface area contributed by atoms with Gasteiger partial charge in [-0.2, -0.15) is 0 Å². The van der Waals surface area contributed by atoms with E-state index in [4.69, 9.17) is 9.47 Å². The van der Waals surface area contributed by atoms with E-state index in [9.17, 15) is 14.4 Å². The fourth-order valence-electron chi connectivity index (χ4n) is 4.62. The topological polar surface area (TPSA) is 79.0 Å². The molecule has 2 aromatic heterocycles. The van der Waals surface area contributed by atoms with Crippen molar-refractivity contribution in [3.8, 4) is 0 Å². The lowest BCUT2D eigenvalue weighted by molar-refractivity contribution is 0.0556. The van der Waals surface area contributed by atoms with E-state index in [1.807, 2.05) is 78.2 Å². The lowest BCUT2D eigenvalue weighted by Gasteiger charge is -2.09. The molecule has 180 valence electrons. The number of hydrogen-bond donors (Lipinski definition) is 0. The van der Waals surface area contributed by atoms with Crippen molar-refractivity contribution in [2.45, 2.75) is 13.5 Å². The number of carbonyl (C=O) groups excluding carboxylic acids is 3. The molecule has 0 saturated carbocycles. The van der Waals surface area contributed by atoms with Crippen molar-refractivity contribution in [2.75, 3.05) is 14.2 Å². The van der Waals surface area contributed by atoms with Crippen molar-refractivity contribution in [3.63, 3.8) is 0 Å². The Morgan fingerprint density at radius 3 is 1.94 bits per heavy atom. The molecule has 36 heavy (non-hydrogen) atoms. The van der Waals surface area contributed by atoms with Crippen molar-refractivity contribution in [1.29, 1.82) is 0 Å². The average Bonchev–Trinajstić information content (AvgIpc) is 3.42. The molecule has 0 aliphatic rings. The molecular formula is C29H24N2O5. The minimum absolute atomic E-state index is 0.00746. The molecule has 7 nitrogen and oxygen atoms in total. The van der Waals surface area contributed by atoms with E-state index < -0.39 is 17.7 Å². The first-order valence-corrected chi connectivity index (χ1v) is 11.4.